The average Bonchev–Trinajstić information content (AvgIpc) is 2.35. The summed E-state index contributed by atoms with van der Waals surface area (Å²) in [4.78, 5) is 0. The van der Waals surface area contributed by atoms with Gasteiger partial charge in [-0.3, -0.25) is 0 Å². The van der Waals surface area contributed by atoms with Crippen molar-refractivity contribution in [2.75, 3.05) is 24.7 Å². The third-order valence-corrected chi connectivity index (χ3v) is 4.79. The topological polar surface area (TPSA) is 55.4 Å². The van der Waals surface area contributed by atoms with Gasteiger partial charge in [0, 0.05) is 12.6 Å². The summed E-state index contributed by atoms with van der Waals surface area (Å²) >= 11 is 0. The zero-order valence-corrected chi connectivity index (χ0v) is 8.56. The fourth-order valence-corrected chi connectivity index (χ4v) is 4.16. The smallest absolute Gasteiger partial charge is 0.153 e. The molecule has 1 spiro atoms. The molecule has 0 aromatic carbocycles. The van der Waals surface area contributed by atoms with Crippen LogP contribution in [-0.4, -0.2) is 44.7 Å². The maximum absolute atomic E-state index is 11.3. The van der Waals surface area contributed by atoms with Crippen molar-refractivity contribution < 1.29 is 13.2 Å². The highest BCUT2D eigenvalue weighted by Crippen LogP contribution is 2.32. The lowest BCUT2D eigenvalue weighted by atomic mass is 9.93. The van der Waals surface area contributed by atoms with E-state index in [0.29, 0.717) is 13.0 Å². The second-order valence-corrected chi connectivity index (χ2v) is 6.12. The molecule has 2 saturated heterocycles. The van der Waals surface area contributed by atoms with Crippen LogP contribution in [0.2, 0.25) is 0 Å². The van der Waals surface area contributed by atoms with E-state index in [0.717, 1.165) is 6.54 Å². The minimum absolute atomic E-state index is 0.151. The summed E-state index contributed by atoms with van der Waals surface area (Å²) in [6.45, 7) is 3.45. The molecule has 0 radical (unpaired) electrons. The normalized spacial score (nSPS) is 43.9. The molecule has 5 heteroatoms. The van der Waals surface area contributed by atoms with Crippen molar-refractivity contribution in [1.29, 1.82) is 0 Å². The van der Waals surface area contributed by atoms with Gasteiger partial charge in [-0.05, 0) is 13.3 Å². The van der Waals surface area contributed by atoms with Crippen molar-refractivity contribution in [3.8, 4) is 0 Å². The van der Waals surface area contributed by atoms with Crippen LogP contribution in [0.15, 0.2) is 0 Å². The van der Waals surface area contributed by atoms with E-state index in [4.69, 9.17) is 4.74 Å². The lowest BCUT2D eigenvalue weighted by Crippen LogP contribution is -2.57. The van der Waals surface area contributed by atoms with E-state index in [2.05, 4.69) is 5.32 Å². The Kier molecular flexibility index (Phi) is 2.13. The largest absolute Gasteiger partial charge is 0.371 e. The van der Waals surface area contributed by atoms with Gasteiger partial charge in [0.2, 0.25) is 0 Å². The van der Waals surface area contributed by atoms with Crippen LogP contribution in [0, 0.1) is 0 Å². The minimum atomic E-state index is -2.85. The quantitative estimate of drug-likeness (QED) is 0.582. The van der Waals surface area contributed by atoms with Crippen molar-refractivity contribution in [3.63, 3.8) is 0 Å². The summed E-state index contributed by atoms with van der Waals surface area (Å²) in [6.07, 6.45) is 0.642. The van der Waals surface area contributed by atoms with Gasteiger partial charge in [-0.25, -0.2) is 8.42 Å². The zero-order valence-electron chi connectivity index (χ0n) is 7.75. The molecular weight excluding hydrogens is 190 g/mol. The van der Waals surface area contributed by atoms with Crippen LogP contribution in [0.1, 0.15) is 13.3 Å². The third-order valence-electron chi connectivity index (χ3n) is 3.03. The molecule has 0 amide bonds. The standard InChI is InChI=1S/C8H15NO3S/c1-7-8(12-4-3-9-7)2-5-13(10,11)6-8/h7,9H,2-6H2,1H3. The number of hydrogen-bond acceptors (Lipinski definition) is 4. The van der Waals surface area contributed by atoms with E-state index < -0.39 is 15.4 Å². The highest BCUT2D eigenvalue weighted by Gasteiger charge is 2.48. The van der Waals surface area contributed by atoms with E-state index in [9.17, 15) is 8.42 Å². The molecule has 4 nitrogen and oxygen atoms in total. The first kappa shape index (κ1) is 9.43. The lowest BCUT2D eigenvalue weighted by Gasteiger charge is -2.39. The minimum Gasteiger partial charge on any atom is -0.371 e. The average molecular weight is 205 g/mol. The zero-order chi connectivity index (χ0) is 9.53. The van der Waals surface area contributed by atoms with E-state index >= 15 is 0 Å². The van der Waals surface area contributed by atoms with Crippen LogP contribution in [0.4, 0.5) is 0 Å². The molecule has 0 aromatic heterocycles. The van der Waals surface area contributed by atoms with Gasteiger partial charge in [0.1, 0.15) is 0 Å². The maximum atomic E-state index is 11.3. The molecule has 0 saturated carbocycles. The van der Waals surface area contributed by atoms with Crippen LogP contribution in [-0.2, 0) is 14.6 Å². The second-order valence-electron chi connectivity index (χ2n) is 3.93. The van der Waals surface area contributed by atoms with Gasteiger partial charge in [0.15, 0.2) is 9.84 Å². The van der Waals surface area contributed by atoms with Crippen molar-refractivity contribution in [2.24, 2.45) is 0 Å². The van der Waals surface area contributed by atoms with Crippen molar-refractivity contribution >= 4 is 9.84 Å². The van der Waals surface area contributed by atoms with Crippen LogP contribution in [0.3, 0.4) is 0 Å². The summed E-state index contributed by atoms with van der Waals surface area (Å²) in [5, 5.41) is 3.26. The molecule has 2 rings (SSSR count). The van der Waals surface area contributed by atoms with Crippen LogP contribution >= 0.6 is 0 Å². The third kappa shape index (κ3) is 1.60. The maximum Gasteiger partial charge on any atom is 0.153 e. The van der Waals surface area contributed by atoms with E-state index in [1.54, 1.807) is 0 Å². The Morgan fingerprint density at radius 1 is 1.54 bits per heavy atom. The predicted octanol–water partition coefficient (Wildman–Crippen LogP) is -0.448. The fraction of sp³-hybridized carbons (Fsp3) is 1.00. The van der Waals surface area contributed by atoms with Crippen molar-refractivity contribution in [1.82, 2.24) is 5.32 Å². The Morgan fingerprint density at radius 2 is 2.31 bits per heavy atom. The van der Waals surface area contributed by atoms with Gasteiger partial charge in [-0.15, -0.1) is 0 Å². The Balaban J connectivity index is 2.21. The fourth-order valence-electron chi connectivity index (χ4n) is 2.14. The number of nitrogens with one attached hydrogen (secondary N) is 1. The van der Waals surface area contributed by atoms with Gasteiger partial charge in [-0.2, -0.15) is 0 Å². The number of morpholine rings is 1. The molecule has 76 valence electrons. The first-order valence-corrected chi connectivity index (χ1v) is 6.44. The Hall–Kier alpha value is -0.130. The first-order chi connectivity index (χ1) is 6.04. The first-order valence-electron chi connectivity index (χ1n) is 4.62. The molecule has 2 aliphatic heterocycles. The predicted molar refractivity (Wildman–Crippen MR) is 49.4 cm³/mol. The van der Waals surface area contributed by atoms with Crippen molar-refractivity contribution in [3.05, 3.63) is 0 Å². The summed E-state index contributed by atoms with van der Waals surface area (Å²) in [7, 11) is -2.85. The monoisotopic (exact) mass is 205 g/mol. The van der Waals surface area contributed by atoms with E-state index in [1.165, 1.54) is 0 Å². The number of rotatable bonds is 0. The number of ether oxygens (including phenoxy) is 1. The summed E-state index contributed by atoms with van der Waals surface area (Å²) < 4.78 is 28.3. The number of hydrogen-bond donors (Lipinski definition) is 1. The van der Waals surface area contributed by atoms with Gasteiger partial charge in [-0.1, -0.05) is 0 Å². The molecule has 0 bridgehead atoms. The Labute approximate surface area is 78.6 Å². The summed E-state index contributed by atoms with van der Waals surface area (Å²) in [5.74, 6) is 0.465. The molecule has 2 atom stereocenters. The Morgan fingerprint density at radius 3 is 2.85 bits per heavy atom. The summed E-state index contributed by atoms with van der Waals surface area (Å²) in [6, 6.07) is 0.151. The summed E-state index contributed by atoms with van der Waals surface area (Å²) in [5.41, 5.74) is -0.433. The molecule has 0 aliphatic carbocycles. The van der Waals surface area contributed by atoms with E-state index in [-0.39, 0.29) is 17.5 Å². The lowest BCUT2D eigenvalue weighted by molar-refractivity contribution is -0.0737. The highest BCUT2D eigenvalue weighted by atomic mass is 32.2. The van der Waals surface area contributed by atoms with Crippen LogP contribution < -0.4 is 5.32 Å². The molecular formula is C8H15NO3S. The number of sulfone groups is 1. The molecule has 1 N–H and O–H groups in total. The molecule has 2 fully saturated rings. The van der Waals surface area contributed by atoms with Crippen LogP contribution in [0.25, 0.3) is 0 Å². The highest BCUT2D eigenvalue weighted by molar-refractivity contribution is 7.91. The molecule has 13 heavy (non-hydrogen) atoms. The second kappa shape index (κ2) is 2.93. The molecule has 2 aliphatic rings. The van der Waals surface area contributed by atoms with Gasteiger partial charge < -0.3 is 10.1 Å². The molecule has 0 aromatic rings. The van der Waals surface area contributed by atoms with Crippen LogP contribution in [0.5, 0.6) is 0 Å². The van der Waals surface area contributed by atoms with Gasteiger partial charge in [0.05, 0.1) is 23.7 Å². The molecule has 2 unspecified atom stereocenters. The van der Waals surface area contributed by atoms with Gasteiger partial charge >= 0.3 is 0 Å². The SMILES string of the molecule is CC1NCCOC12CCS(=O)(=O)C2. The Bertz CT molecular complexity index is 301. The van der Waals surface area contributed by atoms with E-state index in [1.807, 2.05) is 6.92 Å². The van der Waals surface area contributed by atoms with Crippen molar-refractivity contribution in [2.45, 2.75) is 25.0 Å². The van der Waals surface area contributed by atoms with Gasteiger partial charge in [0.25, 0.3) is 0 Å². The molecule has 2 heterocycles.